The number of hydrogen-bond donors (Lipinski definition) is 0. The summed E-state index contributed by atoms with van der Waals surface area (Å²) in [5, 5.41) is 8.38. The Kier molecular flexibility index (Phi) is 4.91. The average Bonchev–Trinajstić information content (AvgIpc) is 3.22. The summed E-state index contributed by atoms with van der Waals surface area (Å²) in [6.07, 6.45) is 1.59. The number of rotatable bonds is 4. The van der Waals surface area contributed by atoms with E-state index in [-0.39, 0.29) is 17.2 Å². The van der Waals surface area contributed by atoms with Gasteiger partial charge in [0.15, 0.2) is 0 Å². The number of esters is 1. The molecular formula is C18H12N2O5S. The normalized spacial score (nSPS) is 15.4. The van der Waals surface area contributed by atoms with Crippen LogP contribution in [0.5, 0.6) is 0 Å². The molecule has 1 aromatic heterocycles. The Hall–Kier alpha value is -3.31. The van der Waals surface area contributed by atoms with E-state index in [1.807, 2.05) is 6.07 Å². The molecule has 0 aliphatic carbocycles. The first kappa shape index (κ1) is 17.5. The summed E-state index contributed by atoms with van der Waals surface area (Å²) in [5.41, 5.74) is 1.22. The van der Waals surface area contributed by atoms with Gasteiger partial charge in [0, 0.05) is 0 Å². The number of hydrogen-bond acceptors (Lipinski definition) is 7. The monoisotopic (exact) mass is 368 g/mol. The van der Waals surface area contributed by atoms with E-state index in [4.69, 9.17) is 9.68 Å². The maximum absolute atomic E-state index is 12.5. The van der Waals surface area contributed by atoms with Gasteiger partial charge in [-0.15, -0.1) is 0 Å². The van der Waals surface area contributed by atoms with Crippen LogP contribution in [0.15, 0.2) is 45.7 Å². The molecule has 0 unspecified atom stereocenters. The highest BCUT2D eigenvalue weighted by Gasteiger charge is 2.35. The average molecular weight is 368 g/mol. The van der Waals surface area contributed by atoms with E-state index in [0.29, 0.717) is 16.9 Å². The van der Waals surface area contributed by atoms with Crippen LogP contribution in [0.2, 0.25) is 0 Å². The standard InChI is InChI=1S/C18H12N2O5S/c1-24-17(22)14-7-6-13(25-14)10-20-16(21)15(26-18(20)23)8-11-2-4-12(9-19)5-3-11/h2-8H,10H2,1H3. The molecule has 26 heavy (non-hydrogen) atoms. The minimum atomic E-state index is -0.633. The molecule has 0 saturated carbocycles. The van der Waals surface area contributed by atoms with Crippen LogP contribution in [0.25, 0.3) is 6.08 Å². The van der Waals surface area contributed by atoms with E-state index in [0.717, 1.165) is 16.7 Å². The number of imide groups is 1. The fourth-order valence-electron chi connectivity index (χ4n) is 2.27. The van der Waals surface area contributed by atoms with Crippen molar-refractivity contribution < 1.29 is 23.5 Å². The van der Waals surface area contributed by atoms with Crippen LogP contribution >= 0.6 is 11.8 Å². The summed E-state index contributed by atoms with van der Waals surface area (Å²) in [6, 6.07) is 11.6. The number of thioether (sulfide) groups is 1. The highest BCUT2D eigenvalue weighted by atomic mass is 32.2. The summed E-state index contributed by atoms with van der Waals surface area (Å²) in [7, 11) is 1.23. The van der Waals surface area contributed by atoms with Crippen molar-refractivity contribution in [3.63, 3.8) is 0 Å². The van der Waals surface area contributed by atoms with E-state index in [1.165, 1.54) is 19.2 Å². The van der Waals surface area contributed by atoms with Gasteiger partial charge in [0.25, 0.3) is 11.1 Å². The topological polar surface area (TPSA) is 101 Å². The van der Waals surface area contributed by atoms with Gasteiger partial charge in [0.05, 0.1) is 30.2 Å². The van der Waals surface area contributed by atoms with Crippen molar-refractivity contribution in [3.05, 3.63) is 64.0 Å². The van der Waals surface area contributed by atoms with E-state index in [2.05, 4.69) is 4.74 Å². The molecule has 0 N–H and O–H groups in total. The van der Waals surface area contributed by atoms with Crippen LogP contribution in [-0.4, -0.2) is 29.1 Å². The molecular weight excluding hydrogens is 356 g/mol. The van der Waals surface area contributed by atoms with Crippen LogP contribution in [0.3, 0.4) is 0 Å². The lowest BCUT2D eigenvalue weighted by atomic mass is 10.1. The number of carbonyl (C=O) groups is 3. The molecule has 0 bridgehead atoms. The Morgan fingerprint density at radius 3 is 2.65 bits per heavy atom. The fourth-order valence-corrected chi connectivity index (χ4v) is 3.11. The number of ether oxygens (including phenoxy) is 1. The Balaban J connectivity index is 1.76. The van der Waals surface area contributed by atoms with E-state index in [9.17, 15) is 14.4 Å². The SMILES string of the molecule is COC(=O)c1ccc(CN2C(=O)SC(=Cc3ccc(C#N)cc3)C2=O)o1. The molecule has 2 heterocycles. The Morgan fingerprint density at radius 1 is 1.27 bits per heavy atom. The zero-order valence-corrected chi connectivity index (χ0v) is 14.4. The third-order valence-electron chi connectivity index (χ3n) is 3.57. The third kappa shape index (κ3) is 3.53. The van der Waals surface area contributed by atoms with Gasteiger partial charge in [-0.1, -0.05) is 12.1 Å². The van der Waals surface area contributed by atoms with Gasteiger partial charge < -0.3 is 9.15 Å². The number of nitriles is 1. The lowest BCUT2D eigenvalue weighted by Gasteiger charge is -2.09. The number of nitrogens with zero attached hydrogens (tertiary/aromatic N) is 2. The summed E-state index contributed by atoms with van der Waals surface area (Å²) in [5.74, 6) is -0.776. The predicted molar refractivity (Wildman–Crippen MR) is 92.7 cm³/mol. The van der Waals surface area contributed by atoms with Gasteiger partial charge in [-0.25, -0.2) is 4.79 Å². The van der Waals surface area contributed by atoms with Crippen molar-refractivity contribution >= 4 is 35.0 Å². The summed E-state index contributed by atoms with van der Waals surface area (Å²) < 4.78 is 9.84. The second kappa shape index (κ2) is 7.29. The van der Waals surface area contributed by atoms with Gasteiger partial charge in [-0.3, -0.25) is 14.5 Å². The molecule has 2 amide bonds. The first-order chi connectivity index (χ1) is 12.5. The molecule has 3 rings (SSSR count). The maximum atomic E-state index is 12.5. The molecule has 1 fully saturated rings. The molecule has 7 nitrogen and oxygen atoms in total. The smallest absolute Gasteiger partial charge is 0.373 e. The van der Waals surface area contributed by atoms with E-state index in [1.54, 1.807) is 30.3 Å². The first-order valence-corrected chi connectivity index (χ1v) is 8.26. The largest absolute Gasteiger partial charge is 0.463 e. The Labute approximate surface area is 152 Å². The number of furan rings is 1. The Morgan fingerprint density at radius 2 is 2.00 bits per heavy atom. The first-order valence-electron chi connectivity index (χ1n) is 7.44. The lowest BCUT2D eigenvalue weighted by molar-refractivity contribution is -0.123. The van der Waals surface area contributed by atoms with E-state index >= 15 is 0 Å². The van der Waals surface area contributed by atoms with Crippen molar-refractivity contribution in [2.45, 2.75) is 6.54 Å². The molecule has 1 aliphatic rings. The molecule has 8 heteroatoms. The summed E-state index contributed by atoms with van der Waals surface area (Å²) >= 11 is 0.824. The molecule has 1 aromatic carbocycles. The highest BCUT2D eigenvalue weighted by molar-refractivity contribution is 8.18. The fraction of sp³-hybridized carbons (Fsp3) is 0.111. The number of methoxy groups -OCH3 is 1. The number of amides is 2. The minimum Gasteiger partial charge on any atom is -0.463 e. The van der Waals surface area contributed by atoms with Gasteiger partial charge in [-0.05, 0) is 47.7 Å². The molecule has 2 aromatic rings. The predicted octanol–water partition coefficient (Wildman–Crippen LogP) is 3.17. The number of benzene rings is 1. The summed E-state index contributed by atoms with van der Waals surface area (Å²) in [6.45, 7) is -0.0770. The second-order valence-electron chi connectivity index (χ2n) is 5.26. The van der Waals surface area contributed by atoms with Gasteiger partial charge >= 0.3 is 5.97 Å². The van der Waals surface area contributed by atoms with Crippen LogP contribution in [-0.2, 0) is 16.1 Å². The van der Waals surface area contributed by atoms with Crippen molar-refractivity contribution in [3.8, 4) is 6.07 Å². The quantitative estimate of drug-likeness (QED) is 0.603. The van der Waals surface area contributed by atoms with Gasteiger partial charge in [0.1, 0.15) is 5.76 Å². The molecule has 0 spiro atoms. The molecule has 0 atom stereocenters. The van der Waals surface area contributed by atoms with Crippen LogP contribution in [0.1, 0.15) is 27.4 Å². The third-order valence-corrected chi connectivity index (χ3v) is 4.48. The van der Waals surface area contributed by atoms with Crippen LogP contribution in [0.4, 0.5) is 4.79 Å². The van der Waals surface area contributed by atoms with Crippen molar-refractivity contribution in [1.29, 1.82) is 5.26 Å². The highest BCUT2D eigenvalue weighted by Crippen LogP contribution is 2.33. The second-order valence-corrected chi connectivity index (χ2v) is 6.25. The zero-order valence-electron chi connectivity index (χ0n) is 13.6. The van der Waals surface area contributed by atoms with Crippen LogP contribution in [0, 0.1) is 11.3 Å². The minimum absolute atomic E-state index is 0.00240. The molecule has 0 radical (unpaired) electrons. The molecule has 130 valence electrons. The maximum Gasteiger partial charge on any atom is 0.373 e. The number of carbonyl (C=O) groups excluding carboxylic acids is 3. The zero-order chi connectivity index (χ0) is 18.7. The summed E-state index contributed by atoms with van der Waals surface area (Å²) in [4.78, 5) is 37.3. The molecule has 1 aliphatic heterocycles. The lowest BCUT2D eigenvalue weighted by Crippen LogP contribution is -2.27. The van der Waals surface area contributed by atoms with Crippen molar-refractivity contribution in [2.24, 2.45) is 0 Å². The van der Waals surface area contributed by atoms with Gasteiger partial charge in [0.2, 0.25) is 5.76 Å². The van der Waals surface area contributed by atoms with Crippen molar-refractivity contribution in [1.82, 2.24) is 4.90 Å². The van der Waals surface area contributed by atoms with Crippen molar-refractivity contribution in [2.75, 3.05) is 7.11 Å². The van der Waals surface area contributed by atoms with Crippen LogP contribution < -0.4 is 0 Å². The molecule has 1 saturated heterocycles. The van der Waals surface area contributed by atoms with Gasteiger partial charge in [-0.2, -0.15) is 5.26 Å². The Bertz CT molecular complexity index is 953. The van der Waals surface area contributed by atoms with E-state index < -0.39 is 17.1 Å².